The van der Waals surface area contributed by atoms with E-state index in [1.165, 1.54) is 11.1 Å². The van der Waals surface area contributed by atoms with Crippen LogP contribution in [0.5, 0.6) is 17.4 Å². The zero-order valence-electron chi connectivity index (χ0n) is 23.6. The molecule has 0 saturated carbocycles. The normalized spacial score (nSPS) is 18.0. The first kappa shape index (κ1) is 26.9. The predicted molar refractivity (Wildman–Crippen MR) is 159 cm³/mol. The number of piperidine rings is 1. The van der Waals surface area contributed by atoms with Crippen LogP contribution in [0.2, 0.25) is 0 Å². The fraction of sp³-hybridized carbons (Fsp3) is 0.364. The van der Waals surface area contributed by atoms with Gasteiger partial charge in [-0.2, -0.15) is 4.98 Å². The largest absolute Gasteiger partial charge is 0.493 e. The van der Waals surface area contributed by atoms with Gasteiger partial charge in [0.1, 0.15) is 0 Å². The number of fused-ring (bicyclic) bond motifs is 2. The lowest BCUT2D eigenvalue weighted by molar-refractivity contribution is -0.133. The Morgan fingerprint density at radius 2 is 1.66 bits per heavy atom. The van der Waals surface area contributed by atoms with Crippen molar-refractivity contribution in [2.24, 2.45) is 5.41 Å². The van der Waals surface area contributed by atoms with E-state index in [0.29, 0.717) is 60.7 Å². The summed E-state index contributed by atoms with van der Waals surface area (Å²) in [6.45, 7) is 1.21. The molecule has 1 unspecified atom stereocenters. The van der Waals surface area contributed by atoms with Gasteiger partial charge in [0.25, 0.3) is 0 Å². The number of hydrogen-bond acceptors (Lipinski definition) is 7. The lowest BCUT2D eigenvalue weighted by atomic mass is 9.72. The van der Waals surface area contributed by atoms with Crippen molar-refractivity contribution in [2.75, 3.05) is 32.2 Å². The van der Waals surface area contributed by atoms with Crippen molar-refractivity contribution in [1.29, 1.82) is 0 Å². The molecule has 1 aromatic heterocycles. The zero-order valence-corrected chi connectivity index (χ0v) is 23.6. The second-order valence-corrected chi connectivity index (χ2v) is 11.2. The Balaban J connectivity index is 1.23. The number of hydrogen-bond donors (Lipinski definition) is 2. The molecule has 2 aliphatic rings. The van der Waals surface area contributed by atoms with Gasteiger partial charge in [0.2, 0.25) is 17.7 Å². The van der Waals surface area contributed by atoms with Crippen LogP contribution in [-0.4, -0.2) is 54.3 Å². The van der Waals surface area contributed by atoms with E-state index in [-0.39, 0.29) is 17.8 Å². The molecular formula is C33H36N4O4. The van der Waals surface area contributed by atoms with E-state index in [0.717, 1.165) is 24.8 Å². The Morgan fingerprint density at radius 1 is 0.976 bits per heavy atom. The predicted octanol–water partition coefficient (Wildman–Crippen LogP) is 4.86. The first-order valence-electron chi connectivity index (χ1n) is 14.3. The molecule has 0 spiro atoms. The Morgan fingerprint density at radius 3 is 2.39 bits per heavy atom. The Hall–Kier alpha value is -4.33. The van der Waals surface area contributed by atoms with Gasteiger partial charge in [-0.1, -0.05) is 54.6 Å². The van der Waals surface area contributed by atoms with Crippen molar-refractivity contribution in [3.05, 3.63) is 83.4 Å². The highest BCUT2D eigenvalue weighted by atomic mass is 16.5. The number of amides is 1. The van der Waals surface area contributed by atoms with Crippen LogP contribution in [0.25, 0.3) is 10.9 Å². The molecule has 0 radical (unpaired) electrons. The van der Waals surface area contributed by atoms with Gasteiger partial charge in [0.05, 0.1) is 30.5 Å². The highest BCUT2D eigenvalue weighted by molar-refractivity contribution is 5.88. The molecule has 41 heavy (non-hydrogen) atoms. The summed E-state index contributed by atoms with van der Waals surface area (Å²) >= 11 is 0. The Labute approximate surface area is 240 Å². The molecule has 2 heterocycles. The highest BCUT2D eigenvalue weighted by Gasteiger charge is 2.43. The van der Waals surface area contributed by atoms with Crippen LogP contribution in [0, 0.1) is 5.41 Å². The second kappa shape index (κ2) is 11.3. The first-order chi connectivity index (χ1) is 20.0. The van der Waals surface area contributed by atoms with Crippen molar-refractivity contribution in [3.8, 4) is 17.4 Å². The number of aromatic nitrogens is 2. The van der Waals surface area contributed by atoms with Crippen LogP contribution in [0.4, 0.5) is 5.95 Å². The number of ether oxygens (including phenoxy) is 2. The highest BCUT2D eigenvalue weighted by Crippen LogP contribution is 2.39. The van der Waals surface area contributed by atoms with Crippen molar-refractivity contribution in [1.82, 2.24) is 15.3 Å². The van der Waals surface area contributed by atoms with Crippen LogP contribution in [-0.2, 0) is 24.1 Å². The van der Waals surface area contributed by atoms with Gasteiger partial charge in [-0.3, -0.25) is 4.79 Å². The number of carbonyl (C=O) groups is 1. The fourth-order valence-corrected chi connectivity index (χ4v) is 6.33. The number of aryl methyl sites for hydroxylation is 1. The van der Waals surface area contributed by atoms with Gasteiger partial charge in [-0.05, 0) is 61.3 Å². The monoisotopic (exact) mass is 552 g/mol. The van der Waals surface area contributed by atoms with E-state index >= 15 is 0 Å². The van der Waals surface area contributed by atoms with Crippen molar-refractivity contribution < 1.29 is 19.4 Å². The van der Waals surface area contributed by atoms with E-state index in [2.05, 4.69) is 51.6 Å². The zero-order chi connectivity index (χ0) is 28.4. The smallest absolute Gasteiger partial charge is 0.229 e. The topological polar surface area (TPSA) is 96.8 Å². The van der Waals surface area contributed by atoms with Gasteiger partial charge < -0.3 is 24.8 Å². The summed E-state index contributed by atoms with van der Waals surface area (Å²) in [5.74, 6) is 1.50. The quantitative estimate of drug-likeness (QED) is 0.338. The van der Waals surface area contributed by atoms with Gasteiger partial charge in [-0.25, -0.2) is 4.98 Å². The SMILES string of the molecule is COc1cc2nc(N3CCC(Cc4ccccc4)(C(=O)NC4CCc5ccccc5C4)CC3)nc(O)c2cc1OC. The molecule has 8 nitrogen and oxygen atoms in total. The third kappa shape index (κ3) is 5.38. The van der Waals surface area contributed by atoms with Crippen molar-refractivity contribution in [2.45, 2.75) is 44.6 Å². The Kier molecular flexibility index (Phi) is 7.39. The van der Waals surface area contributed by atoms with E-state index in [9.17, 15) is 9.90 Å². The summed E-state index contributed by atoms with van der Waals surface area (Å²) in [5, 5.41) is 14.7. The van der Waals surface area contributed by atoms with Crippen LogP contribution < -0.4 is 19.7 Å². The van der Waals surface area contributed by atoms with E-state index in [1.807, 2.05) is 18.2 Å². The molecule has 1 atom stereocenters. The van der Waals surface area contributed by atoms with Gasteiger partial charge in [0.15, 0.2) is 11.5 Å². The first-order valence-corrected chi connectivity index (χ1v) is 14.3. The minimum absolute atomic E-state index is 0.109. The molecule has 3 aromatic carbocycles. The van der Waals surface area contributed by atoms with E-state index in [4.69, 9.17) is 14.5 Å². The molecule has 1 fully saturated rings. The molecule has 4 aromatic rings. The molecule has 8 heteroatoms. The average molecular weight is 553 g/mol. The average Bonchev–Trinajstić information content (AvgIpc) is 3.01. The summed E-state index contributed by atoms with van der Waals surface area (Å²) in [5.41, 5.74) is 3.91. The molecule has 1 aliphatic heterocycles. The van der Waals surface area contributed by atoms with Gasteiger partial charge >= 0.3 is 0 Å². The molecule has 6 rings (SSSR count). The van der Waals surface area contributed by atoms with Crippen LogP contribution in [0.3, 0.4) is 0 Å². The number of aromatic hydroxyl groups is 1. The number of rotatable bonds is 7. The summed E-state index contributed by atoms with van der Waals surface area (Å²) in [7, 11) is 3.12. The maximum absolute atomic E-state index is 14.1. The Bertz CT molecular complexity index is 1550. The number of carbonyl (C=O) groups excluding carboxylic acids is 1. The maximum Gasteiger partial charge on any atom is 0.229 e. The minimum atomic E-state index is -0.537. The molecule has 1 saturated heterocycles. The van der Waals surface area contributed by atoms with Crippen molar-refractivity contribution in [3.63, 3.8) is 0 Å². The minimum Gasteiger partial charge on any atom is -0.493 e. The molecular weight excluding hydrogens is 516 g/mol. The second-order valence-electron chi connectivity index (χ2n) is 11.2. The maximum atomic E-state index is 14.1. The van der Waals surface area contributed by atoms with Crippen molar-refractivity contribution >= 4 is 22.8 Å². The lowest BCUT2D eigenvalue weighted by Gasteiger charge is -2.42. The van der Waals surface area contributed by atoms with Gasteiger partial charge in [-0.15, -0.1) is 0 Å². The fourth-order valence-electron chi connectivity index (χ4n) is 6.33. The van der Waals surface area contributed by atoms with Crippen LogP contribution in [0.15, 0.2) is 66.7 Å². The molecule has 212 valence electrons. The van der Waals surface area contributed by atoms with E-state index in [1.54, 1.807) is 26.4 Å². The standard InChI is InChI=1S/C33H36N4O4/c1-40-28-19-26-27(20-29(28)41-2)35-32(36-30(26)38)37-16-14-33(15-17-37,21-22-8-4-3-5-9-22)31(39)34-25-13-12-23-10-6-7-11-24(23)18-25/h3-11,19-20,25H,12-18,21H2,1-2H3,(H,34,39)(H,35,36,38). The summed E-state index contributed by atoms with van der Waals surface area (Å²) < 4.78 is 10.8. The summed E-state index contributed by atoms with van der Waals surface area (Å²) in [4.78, 5) is 25.3. The number of nitrogens with one attached hydrogen (secondary N) is 1. The molecule has 2 N–H and O–H groups in total. The van der Waals surface area contributed by atoms with E-state index < -0.39 is 5.41 Å². The number of methoxy groups -OCH3 is 2. The van der Waals surface area contributed by atoms with Gasteiger partial charge in [0, 0.05) is 25.2 Å². The molecule has 1 amide bonds. The van der Waals surface area contributed by atoms with Crippen LogP contribution in [0.1, 0.15) is 36.0 Å². The molecule has 0 bridgehead atoms. The third-order valence-electron chi connectivity index (χ3n) is 8.72. The lowest BCUT2D eigenvalue weighted by Crippen LogP contribution is -2.53. The summed E-state index contributed by atoms with van der Waals surface area (Å²) in [6.07, 6.45) is 4.80. The third-order valence-corrected chi connectivity index (χ3v) is 8.72. The number of anilines is 1. The number of nitrogens with zero attached hydrogens (tertiary/aromatic N) is 3. The number of benzene rings is 3. The molecule has 1 aliphatic carbocycles. The van der Waals surface area contributed by atoms with Crippen LogP contribution >= 0.6 is 0 Å². The summed E-state index contributed by atoms with van der Waals surface area (Å²) in [6, 6.07) is 22.4.